The molecule has 1 amide bonds. The predicted molar refractivity (Wildman–Crippen MR) is 120 cm³/mol. The lowest BCUT2D eigenvalue weighted by molar-refractivity contribution is -0.110. The summed E-state index contributed by atoms with van der Waals surface area (Å²) >= 11 is 0. The fraction of sp³-hybridized carbons (Fsp3) is 0.385. The molecule has 0 radical (unpaired) electrons. The van der Waals surface area contributed by atoms with Crippen molar-refractivity contribution in [1.82, 2.24) is 14.7 Å². The van der Waals surface area contributed by atoms with Crippen LogP contribution in [0, 0.1) is 5.92 Å². The molecule has 1 N–H and O–H groups in total. The number of aromatic nitrogens is 2. The third-order valence-electron chi connectivity index (χ3n) is 7.18. The number of hydrogen-bond acceptors (Lipinski definition) is 3. The molecule has 1 aliphatic heterocycles. The van der Waals surface area contributed by atoms with E-state index < -0.39 is 5.60 Å². The summed E-state index contributed by atoms with van der Waals surface area (Å²) in [6.45, 7) is 0.544. The number of aliphatic hydroxyl groups is 1. The second-order valence-electron chi connectivity index (χ2n) is 8.90. The minimum atomic E-state index is -0.873. The molecule has 160 valence electrons. The number of fused-ring (bicyclic) bond motifs is 1. The van der Waals surface area contributed by atoms with Crippen LogP contribution < -0.4 is 0 Å². The van der Waals surface area contributed by atoms with E-state index in [9.17, 15) is 9.90 Å². The monoisotopic (exact) mass is 415 g/mol. The molecule has 2 aromatic carbocycles. The number of carbonyl (C=O) groups is 1. The van der Waals surface area contributed by atoms with E-state index in [1.165, 1.54) is 0 Å². The summed E-state index contributed by atoms with van der Waals surface area (Å²) in [5.74, 6) is 0.0310. The van der Waals surface area contributed by atoms with Crippen LogP contribution in [0.4, 0.5) is 0 Å². The van der Waals surface area contributed by atoms with Crippen molar-refractivity contribution < 1.29 is 9.90 Å². The predicted octanol–water partition coefficient (Wildman–Crippen LogP) is 4.38. The van der Waals surface area contributed by atoms with Crippen LogP contribution in [0.1, 0.15) is 48.2 Å². The number of carbonyl (C=O) groups excluding carboxylic acids is 1. The van der Waals surface area contributed by atoms with Crippen LogP contribution in [0.15, 0.2) is 66.7 Å². The number of aryl methyl sites for hydroxylation is 1. The highest BCUT2D eigenvalue weighted by Gasteiger charge is 2.50. The van der Waals surface area contributed by atoms with Gasteiger partial charge in [-0.3, -0.25) is 9.48 Å². The maximum atomic E-state index is 13.6. The molecule has 0 unspecified atom stereocenters. The summed E-state index contributed by atoms with van der Waals surface area (Å²) in [5.41, 5.74) is 2.56. The molecular weight excluding hydrogens is 386 g/mol. The van der Waals surface area contributed by atoms with Crippen LogP contribution in [0.25, 0.3) is 11.3 Å². The van der Waals surface area contributed by atoms with Gasteiger partial charge in [-0.1, -0.05) is 73.5 Å². The average Bonchev–Trinajstić information content (AvgIpc) is 3.22. The minimum Gasteiger partial charge on any atom is -0.385 e. The lowest BCUT2D eigenvalue weighted by Gasteiger charge is -2.52. The van der Waals surface area contributed by atoms with Gasteiger partial charge in [0.25, 0.3) is 5.91 Å². The molecule has 1 aromatic heterocycles. The smallest absolute Gasteiger partial charge is 0.274 e. The highest BCUT2D eigenvalue weighted by Crippen LogP contribution is 2.47. The van der Waals surface area contributed by atoms with Crippen molar-refractivity contribution in [3.05, 3.63) is 78.0 Å². The Hall–Kier alpha value is -2.92. The number of hydrogen-bond donors (Lipinski definition) is 1. The quantitative estimate of drug-likeness (QED) is 0.691. The van der Waals surface area contributed by atoms with Gasteiger partial charge < -0.3 is 10.0 Å². The topological polar surface area (TPSA) is 58.4 Å². The maximum absolute atomic E-state index is 13.6. The van der Waals surface area contributed by atoms with E-state index in [-0.39, 0.29) is 17.9 Å². The molecule has 1 saturated heterocycles. The fourth-order valence-electron chi connectivity index (χ4n) is 5.62. The Kier molecular flexibility index (Phi) is 5.14. The molecule has 3 atom stereocenters. The zero-order valence-electron chi connectivity index (χ0n) is 17.9. The fourth-order valence-corrected chi connectivity index (χ4v) is 5.62. The summed E-state index contributed by atoms with van der Waals surface area (Å²) in [5, 5.41) is 16.3. The SMILES string of the molecule is Cn1nc(C(=O)N2CC[C@@](O)(c3ccccc3)[C@H]3CCCC[C@H]32)cc1-c1ccccc1. The Morgan fingerprint density at radius 2 is 1.71 bits per heavy atom. The summed E-state index contributed by atoms with van der Waals surface area (Å²) in [6.07, 6.45) is 4.62. The van der Waals surface area contributed by atoms with E-state index in [1.807, 2.05) is 78.7 Å². The molecule has 3 aromatic rings. The maximum Gasteiger partial charge on any atom is 0.274 e. The summed E-state index contributed by atoms with van der Waals surface area (Å²) in [4.78, 5) is 15.6. The van der Waals surface area contributed by atoms with E-state index in [0.717, 1.165) is 42.5 Å². The normalized spacial score (nSPS) is 25.8. The first kappa shape index (κ1) is 20.0. The molecule has 5 rings (SSSR count). The molecule has 31 heavy (non-hydrogen) atoms. The molecule has 0 spiro atoms. The number of piperidine rings is 1. The number of nitrogens with zero attached hydrogens (tertiary/aromatic N) is 3. The number of rotatable bonds is 3. The standard InChI is InChI=1S/C26H29N3O2/c1-28-24(19-10-4-2-5-11-19)18-22(27-28)25(30)29-17-16-26(31,20-12-6-3-7-13-20)21-14-8-9-15-23(21)29/h2-7,10-13,18,21,23,31H,8-9,14-17H2,1H3/t21-,23+,26+/m0/s1. The minimum absolute atomic E-state index is 0.0233. The first-order chi connectivity index (χ1) is 15.1. The highest BCUT2D eigenvalue weighted by atomic mass is 16.3. The third kappa shape index (κ3) is 3.47. The molecule has 0 bridgehead atoms. The van der Waals surface area contributed by atoms with Crippen LogP contribution in [0.3, 0.4) is 0 Å². The zero-order valence-corrected chi connectivity index (χ0v) is 17.9. The molecule has 1 saturated carbocycles. The summed E-state index contributed by atoms with van der Waals surface area (Å²) in [6, 6.07) is 22.0. The molecular formula is C26H29N3O2. The van der Waals surface area contributed by atoms with Gasteiger partial charge >= 0.3 is 0 Å². The average molecular weight is 416 g/mol. The van der Waals surface area contributed by atoms with E-state index >= 15 is 0 Å². The molecule has 2 heterocycles. The van der Waals surface area contributed by atoms with E-state index in [0.29, 0.717) is 18.7 Å². The lowest BCUT2D eigenvalue weighted by Crippen LogP contribution is -2.59. The van der Waals surface area contributed by atoms with Gasteiger partial charge in [0.15, 0.2) is 5.69 Å². The first-order valence-corrected chi connectivity index (χ1v) is 11.3. The highest BCUT2D eigenvalue weighted by molar-refractivity contribution is 5.94. The van der Waals surface area contributed by atoms with Crippen molar-refractivity contribution in [1.29, 1.82) is 0 Å². The van der Waals surface area contributed by atoms with Gasteiger partial charge in [0.1, 0.15) is 0 Å². The Morgan fingerprint density at radius 3 is 2.45 bits per heavy atom. The van der Waals surface area contributed by atoms with Gasteiger partial charge in [0, 0.05) is 25.6 Å². The number of likely N-dealkylation sites (tertiary alicyclic amines) is 1. The van der Waals surface area contributed by atoms with E-state index in [4.69, 9.17) is 0 Å². The first-order valence-electron chi connectivity index (χ1n) is 11.3. The zero-order chi connectivity index (χ0) is 21.4. The molecule has 5 heteroatoms. The van der Waals surface area contributed by atoms with Gasteiger partial charge in [-0.25, -0.2) is 0 Å². The number of amides is 1. The number of benzene rings is 2. The second kappa shape index (κ2) is 7.97. The van der Waals surface area contributed by atoms with Crippen molar-refractivity contribution in [3.63, 3.8) is 0 Å². The van der Waals surface area contributed by atoms with Crippen molar-refractivity contribution in [2.24, 2.45) is 13.0 Å². The van der Waals surface area contributed by atoms with Crippen LogP contribution in [-0.4, -0.2) is 38.3 Å². The Morgan fingerprint density at radius 1 is 1.03 bits per heavy atom. The van der Waals surface area contributed by atoms with Crippen molar-refractivity contribution >= 4 is 5.91 Å². The van der Waals surface area contributed by atoms with Crippen LogP contribution in [0.2, 0.25) is 0 Å². The van der Waals surface area contributed by atoms with Crippen molar-refractivity contribution in [2.45, 2.75) is 43.7 Å². The summed E-state index contributed by atoms with van der Waals surface area (Å²) < 4.78 is 1.78. The summed E-state index contributed by atoms with van der Waals surface area (Å²) in [7, 11) is 1.88. The molecule has 2 aliphatic rings. The van der Waals surface area contributed by atoms with E-state index in [2.05, 4.69) is 5.10 Å². The van der Waals surface area contributed by atoms with Crippen LogP contribution in [-0.2, 0) is 12.6 Å². The van der Waals surface area contributed by atoms with Gasteiger partial charge in [-0.05, 0) is 36.5 Å². The second-order valence-corrected chi connectivity index (χ2v) is 8.90. The van der Waals surface area contributed by atoms with Crippen LogP contribution in [0.5, 0.6) is 0 Å². The Balaban J connectivity index is 1.45. The Labute approximate surface area is 183 Å². The van der Waals surface area contributed by atoms with Gasteiger partial charge in [0.2, 0.25) is 0 Å². The molecule has 5 nitrogen and oxygen atoms in total. The van der Waals surface area contributed by atoms with E-state index in [1.54, 1.807) is 4.68 Å². The third-order valence-corrected chi connectivity index (χ3v) is 7.18. The molecule has 2 fully saturated rings. The van der Waals surface area contributed by atoms with Crippen molar-refractivity contribution in [3.8, 4) is 11.3 Å². The van der Waals surface area contributed by atoms with Gasteiger partial charge in [-0.2, -0.15) is 5.10 Å². The largest absolute Gasteiger partial charge is 0.385 e. The van der Waals surface area contributed by atoms with Gasteiger partial charge in [-0.15, -0.1) is 0 Å². The molecule has 1 aliphatic carbocycles. The van der Waals surface area contributed by atoms with Crippen molar-refractivity contribution in [2.75, 3.05) is 6.54 Å². The van der Waals surface area contributed by atoms with Crippen LogP contribution >= 0.6 is 0 Å². The lowest BCUT2D eigenvalue weighted by atomic mass is 9.66. The van der Waals surface area contributed by atoms with Gasteiger partial charge in [0.05, 0.1) is 11.3 Å². The Bertz CT molecular complexity index is 1060.